The fraction of sp³-hybridized carbons (Fsp3) is 0.333. The monoisotopic (exact) mass is 288 g/mol. The number of aryl methyl sites for hydroxylation is 1. The van der Waals surface area contributed by atoms with Crippen LogP contribution in [0.2, 0.25) is 0 Å². The number of hydrogen-bond acceptors (Lipinski definition) is 3. The van der Waals surface area contributed by atoms with Crippen LogP contribution in [0.15, 0.2) is 29.1 Å². The van der Waals surface area contributed by atoms with E-state index in [-0.39, 0.29) is 10.8 Å². The van der Waals surface area contributed by atoms with E-state index in [1.807, 2.05) is 25.1 Å². The largest absolute Gasteiger partial charge is 0.307 e. The quantitative estimate of drug-likeness (QED) is 0.808. The Labute approximate surface area is 121 Å². The molecule has 1 aromatic carbocycles. The number of benzene rings is 1. The highest BCUT2D eigenvalue weighted by atomic mass is 32.1. The number of thiazole rings is 1. The predicted molar refractivity (Wildman–Crippen MR) is 80.7 cm³/mol. The molecule has 104 valence electrons. The molecule has 0 aliphatic carbocycles. The summed E-state index contributed by atoms with van der Waals surface area (Å²) in [6, 6.07) is 7.99. The molecule has 1 amide bonds. The van der Waals surface area contributed by atoms with Crippen molar-refractivity contribution < 1.29 is 4.79 Å². The second-order valence-electron chi connectivity index (χ2n) is 5.03. The Bertz CT molecular complexity index is 730. The number of hydrogen-bond donors (Lipinski definition) is 0. The first kappa shape index (κ1) is 13.1. The Morgan fingerprint density at radius 2 is 2.05 bits per heavy atom. The molecule has 1 aliphatic rings. The third-order valence-electron chi connectivity index (χ3n) is 3.84. The maximum absolute atomic E-state index is 12.7. The lowest BCUT2D eigenvalue weighted by atomic mass is 10.0. The van der Waals surface area contributed by atoms with Crippen molar-refractivity contribution in [1.29, 1.82) is 0 Å². The summed E-state index contributed by atoms with van der Waals surface area (Å²) in [5.74, 6) is -0.0580. The molecule has 1 aromatic heterocycles. The molecule has 0 unspecified atom stereocenters. The summed E-state index contributed by atoms with van der Waals surface area (Å²) in [5, 5.41) is 0. The normalized spacial score (nSPS) is 14.2. The summed E-state index contributed by atoms with van der Waals surface area (Å²) >= 11 is 1.03. The lowest BCUT2D eigenvalue weighted by Gasteiger charge is -2.29. The number of nitrogens with zero attached hydrogens (tertiary/aromatic N) is 2. The Kier molecular flexibility index (Phi) is 3.22. The SMILES string of the molecule is Cc1c(C(=O)N2CCCc3ccccc32)sc(=O)n1C. The highest BCUT2D eigenvalue weighted by Crippen LogP contribution is 2.29. The van der Waals surface area contributed by atoms with Gasteiger partial charge in [0.25, 0.3) is 5.91 Å². The highest BCUT2D eigenvalue weighted by Gasteiger charge is 2.26. The zero-order valence-corrected chi connectivity index (χ0v) is 12.4. The van der Waals surface area contributed by atoms with E-state index in [2.05, 4.69) is 6.07 Å². The van der Waals surface area contributed by atoms with Gasteiger partial charge in [0, 0.05) is 25.0 Å². The van der Waals surface area contributed by atoms with Crippen LogP contribution in [0.25, 0.3) is 0 Å². The summed E-state index contributed by atoms with van der Waals surface area (Å²) < 4.78 is 1.54. The molecule has 1 aliphatic heterocycles. The van der Waals surface area contributed by atoms with E-state index in [9.17, 15) is 9.59 Å². The number of amides is 1. The second-order valence-corrected chi connectivity index (χ2v) is 5.99. The maximum Gasteiger partial charge on any atom is 0.307 e. The van der Waals surface area contributed by atoms with Crippen molar-refractivity contribution in [3.63, 3.8) is 0 Å². The van der Waals surface area contributed by atoms with Gasteiger partial charge in [0.2, 0.25) is 0 Å². The van der Waals surface area contributed by atoms with Crippen molar-refractivity contribution in [3.05, 3.63) is 50.1 Å². The zero-order chi connectivity index (χ0) is 14.3. The van der Waals surface area contributed by atoms with E-state index in [1.54, 1.807) is 11.9 Å². The first-order chi connectivity index (χ1) is 9.59. The molecule has 5 heteroatoms. The molecule has 0 bridgehead atoms. The van der Waals surface area contributed by atoms with E-state index in [1.165, 1.54) is 10.1 Å². The van der Waals surface area contributed by atoms with Crippen LogP contribution in [0.1, 0.15) is 27.3 Å². The second kappa shape index (κ2) is 4.90. The molecule has 0 N–H and O–H groups in total. The Morgan fingerprint density at radius 3 is 2.75 bits per heavy atom. The molecule has 2 heterocycles. The van der Waals surface area contributed by atoms with Crippen LogP contribution in [0.4, 0.5) is 5.69 Å². The number of para-hydroxylation sites is 1. The summed E-state index contributed by atoms with van der Waals surface area (Å²) in [4.78, 5) is 26.7. The summed E-state index contributed by atoms with van der Waals surface area (Å²) in [6.45, 7) is 2.53. The Hall–Kier alpha value is -1.88. The molecule has 0 saturated heterocycles. The third kappa shape index (κ3) is 1.98. The van der Waals surface area contributed by atoms with Crippen molar-refractivity contribution in [3.8, 4) is 0 Å². The van der Waals surface area contributed by atoms with Gasteiger partial charge in [0.15, 0.2) is 0 Å². The molecule has 4 nitrogen and oxygen atoms in total. The van der Waals surface area contributed by atoms with Gasteiger partial charge in [-0.05, 0) is 31.4 Å². The van der Waals surface area contributed by atoms with Gasteiger partial charge < -0.3 is 9.47 Å². The number of carbonyl (C=O) groups is 1. The van der Waals surface area contributed by atoms with Crippen molar-refractivity contribution in [2.75, 3.05) is 11.4 Å². The van der Waals surface area contributed by atoms with Crippen LogP contribution in [0.3, 0.4) is 0 Å². The number of rotatable bonds is 1. The average molecular weight is 288 g/mol. The lowest BCUT2D eigenvalue weighted by molar-refractivity contribution is 0.0988. The standard InChI is InChI=1S/C15H16N2O2S/c1-10-13(20-15(19)16(10)2)14(18)17-9-5-7-11-6-3-4-8-12(11)17/h3-4,6,8H,5,7,9H2,1-2H3. The first-order valence-electron chi connectivity index (χ1n) is 6.66. The van der Waals surface area contributed by atoms with Gasteiger partial charge in [-0.15, -0.1) is 0 Å². The van der Waals surface area contributed by atoms with E-state index in [0.29, 0.717) is 11.4 Å². The van der Waals surface area contributed by atoms with Crippen LogP contribution in [0.5, 0.6) is 0 Å². The molecule has 20 heavy (non-hydrogen) atoms. The minimum absolute atomic E-state index is 0.0580. The molecule has 0 saturated carbocycles. The Morgan fingerprint density at radius 1 is 1.30 bits per heavy atom. The van der Waals surface area contributed by atoms with Crippen LogP contribution < -0.4 is 9.77 Å². The molecule has 3 rings (SSSR count). The number of anilines is 1. The van der Waals surface area contributed by atoms with Crippen molar-refractivity contribution >= 4 is 22.9 Å². The van der Waals surface area contributed by atoms with Crippen LogP contribution in [0, 0.1) is 6.92 Å². The van der Waals surface area contributed by atoms with E-state index < -0.39 is 0 Å². The lowest BCUT2D eigenvalue weighted by Crippen LogP contribution is -2.35. The molecular formula is C15H16N2O2S. The van der Waals surface area contributed by atoms with Crippen LogP contribution in [-0.2, 0) is 13.5 Å². The van der Waals surface area contributed by atoms with Crippen molar-refractivity contribution in [1.82, 2.24) is 4.57 Å². The molecule has 0 radical (unpaired) electrons. The first-order valence-corrected chi connectivity index (χ1v) is 7.47. The van der Waals surface area contributed by atoms with Gasteiger partial charge in [-0.25, -0.2) is 0 Å². The van der Waals surface area contributed by atoms with Gasteiger partial charge in [-0.2, -0.15) is 0 Å². The summed E-state index contributed by atoms with van der Waals surface area (Å²) in [5.41, 5.74) is 2.92. The van der Waals surface area contributed by atoms with Crippen LogP contribution in [-0.4, -0.2) is 17.0 Å². The number of aromatic nitrogens is 1. The van der Waals surface area contributed by atoms with Gasteiger partial charge >= 0.3 is 4.87 Å². The molecule has 0 atom stereocenters. The topological polar surface area (TPSA) is 42.3 Å². The van der Waals surface area contributed by atoms with Gasteiger partial charge in [-0.3, -0.25) is 9.59 Å². The maximum atomic E-state index is 12.7. The predicted octanol–water partition coefficient (Wildman–Crippen LogP) is 2.35. The molecular weight excluding hydrogens is 272 g/mol. The van der Waals surface area contributed by atoms with E-state index in [4.69, 9.17) is 0 Å². The van der Waals surface area contributed by atoms with Gasteiger partial charge in [0.1, 0.15) is 4.88 Å². The molecule has 2 aromatic rings. The van der Waals surface area contributed by atoms with Crippen LogP contribution >= 0.6 is 11.3 Å². The Balaban J connectivity index is 2.04. The van der Waals surface area contributed by atoms with Crippen molar-refractivity contribution in [2.24, 2.45) is 7.05 Å². The van der Waals surface area contributed by atoms with E-state index in [0.717, 1.165) is 35.6 Å². The number of carbonyl (C=O) groups excluding carboxylic acids is 1. The molecule has 0 spiro atoms. The zero-order valence-electron chi connectivity index (χ0n) is 11.5. The highest BCUT2D eigenvalue weighted by molar-refractivity contribution is 7.11. The summed E-state index contributed by atoms with van der Waals surface area (Å²) in [7, 11) is 1.70. The van der Waals surface area contributed by atoms with Gasteiger partial charge in [0.05, 0.1) is 0 Å². The smallest absolute Gasteiger partial charge is 0.307 e. The number of fused-ring (bicyclic) bond motifs is 1. The van der Waals surface area contributed by atoms with Crippen molar-refractivity contribution in [2.45, 2.75) is 19.8 Å². The molecule has 0 fully saturated rings. The minimum atomic E-state index is -0.0869. The van der Waals surface area contributed by atoms with E-state index >= 15 is 0 Å². The fourth-order valence-corrected chi connectivity index (χ4v) is 3.52. The summed E-state index contributed by atoms with van der Waals surface area (Å²) in [6.07, 6.45) is 1.97. The average Bonchev–Trinajstić information content (AvgIpc) is 2.73. The third-order valence-corrected chi connectivity index (χ3v) is 4.97. The minimum Gasteiger partial charge on any atom is -0.307 e. The van der Waals surface area contributed by atoms with Gasteiger partial charge in [-0.1, -0.05) is 29.5 Å². The fourth-order valence-electron chi connectivity index (χ4n) is 2.58.